The Hall–Kier alpha value is 0.190. The van der Waals surface area contributed by atoms with Gasteiger partial charge in [-0.1, -0.05) is 34.0 Å². The topological polar surface area (TPSA) is 46.2 Å². The number of sulfonamides is 1. The van der Waals surface area contributed by atoms with Gasteiger partial charge in [-0.25, -0.2) is 13.1 Å². The van der Waals surface area contributed by atoms with Crippen molar-refractivity contribution < 1.29 is 8.42 Å². The minimum absolute atomic E-state index is 0.0862. The molecule has 18 heavy (non-hydrogen) atoms. The van der Waals surface area contributed by atoms with E-state index < -0.39 is 10.0 Å². The van der Waals surface area contributed by atoms with Crippen LogP contribution in [-0.4, -0.2) is 19.8 Å². The van der Waals surface area contributed by atoms with E-state index in [0.717, 1.165) is 23.7 Å². The molecule has 3 nitrogen and oxygen atoms in total. The molecule has 2 rings (SSSR count). The molecular formula is C11H12BrCl2NO2S. The standard InChI is InChI=1S/C11H12BrCl2NO2S/c12-7-4-5-11(9(14)6-7)18(16,17)15-10-3-1-2-8(10)13/h4-6,8,10,15H,1-3H2. The molecule has 0 aromatic heterocycles. The summed E-state index contributed by atoms with van der Waals surface area (Å²) in [6, 6.07) is 4.47. The summed E-state index contributed by atoms with van der Waals surface area (Å²) in [4.78, 5) is 0.0862. The lowest BCUT2D eigenvalue weighted by atomic mass is 10.3. The van der Waals surface area contributed by atoms with Crippen LogP contribution in [0.2, 0.25) is 5.02 Å². The Morgan fingerprint density at radius 2 is 2.06 bits per heavy atom. The van der Waals surface area contributed by atoms with Crippen LogP contribution < -0.4 is 4.72 Å². The molecule has 2 atom stereocenters. The van der Waals surface area contributed by atoms with Crippen molar-refractivity contribution in [1.29, 1.82) is 0 Å². The highest BCUT2D eigenvalue weighted by Crippen LogP contribution is 2.28. The molecule has 1 aliphatic carbocycles. The van der Waals surface area contributed by atoms with Crippen molar-refractivity contribution in [3.05, 3.63) is 27.7 Å². The lowest BCUT2D eigenvalue weighted by molar-refractivity contribution is 0.554. The molecule has 100 valence electrons. The van der Waals surface area contributed by atoms with Gasteiger partial charge in [0, 0.05) is 15.9 Å². The van der Waals surface area contributed by atoms with Crippen molar-refractivity contribution in [2.45, 2.75) is 35.6 Å². The lowest BCUT2D eigenvalue weighted by Crippen LogP contribution is -2.37. The van der Waals surface area contributed by atoms with Crippen LogP contribution in [0, 0.1) is 0 Å². The molecule has 0 bridgehead atoms. The normalized spacial score (nSPS) is 24.4. The Morgan fingerprint density at radius 3 is 2.61 bits per heavy atom. The summed E-state index contributed by atoms with van der Waals surface area (Å²) in [5.41, 5.74) is 0. The fourth-order valence-corrected chi connectivity index (χ4v) is 4.77. The van der Waals surface area contributed by atoms with E-state index in [4.69, 9.17) is 23.2 Å². The minimum Gasteiger partial charge on any atom is -0.207 e. The second kappa shape index (κ2) is 5.67. The first-order valence-electron chi connectivity index (χ1n) is 5.51. The van der Waals surface area contributed by atoms with Gasteiger partial charge in [-0.3, -0.25) is 0 Å². The number of hydrogen-bond donors (Lipinski definition) is 1. The highest BCUT2D eigenvalue weighted by molar-refractivity contribution is 9.10. The van der Waals surface area contributed by atoms with E-state index in [9.17, 15) is 8.42 Å². The fourth-order valence-electron chi connectivity index (χ4n) is 2.00. The highest BCUT2D eigenvalue weighted by atomic mass is 79.9. The predicted octanol–water partition coefficient (Wildman–Crippen LogP) is 3.54. The average Bonchev–Trinajstić information content (AvgIpc) is 2.63. The SMILES string of the molecule is O=S(=O)(NC1CCCC1Cl)c1ccc(Br)cc1Cl. The maximum absolute atomic E-state index is 12.2. The van der Waals surface area contributed by atoms with Crippen molar-refractivity contribution >= 4 is 49.2 Å². The largest absolute Gasteiger partial charge is 0.242 e. The van der Waals surface area contributed by atoms with Gasteiger partial charge in [0.1, 0.15) is 4.90 Å². The van der Waals surface area contributed by atoms with Gasteiger partial charge in [-0.15, -0.1) is 11.6 Å². The first kappa shape index (κ1) is 14.6. The summed E-state index contributed by atoms with van der Waals surface area (Å²) in [6.45, 7) is 0. The molecule has 0 heterocycles. The van der Waals surface area contributed by atoms with Crippen molar-refractivity contribution in [3.63, 3.8) is 0 Å². The van der Waals surface area contributed by atoms with Gasteiger partial charge < -0.3 is 0 Å². The third kappa shape index (κ3) is 3.20. The third-order valence-corrected chi connectivity index (χ3v) is 5.91. The van der Waals surface area contributed by atoms with E-state index in [1.165, 1.54) is 6.07 Å². The van der Waals surface area contributed by atoms with Crippen LogP contribution in [0.15, 0.2) is 27.6 Å². The molecule has 1 N–H and O–H groups in total. The maximum Gasteiger partial charge on any atom is 0.242 e. The van der Waals surface area contributed by atoms with E-state index in [2.05, 4.69) is 20.7 Å². The first-order valence-corrected chi connectivity index (χ1v) is 8.60. The van der Waals surface area contributed by atoms with Gasteiger partial charge in [0.25, 0.3) is 0 Å². The molecule has 7 heteroatoms. The fraction of sp³-hybridized carbons (Fsp3) is 0.455. The van der Waals surface area contributed by atoms with E-state index >= 15 is 0 Å². The molecule has 0 spiro atoms. The molecular weight excluding hydrogens is 361 g/mol. The molecule has 1 aromatic rings. The van der Waals surface area contributed by atoms with Crippen molar-refractivity contribution in [1.82, 2.24) is 4.72 Å². The van der Waals surface area contributed by atoms with Gasteiger partial charge in [0.15, 0.2) is 0 Å². The van der Waals surface area contributed by atoms with E-state index in [-0.39, 0.29) is 21.3 Å². The second-order valence-corrected chi connectivity index (χ2v) is 7.82. The van der Waals surface area contributed by atoms with Crippen LogP contribution in [0.25, 0.3) is 0 Å². The quantitative estimate of drug-likeness (QED) is 0.824. The molecule has 0 amide bonds. The maximum atomic E-state index is 12.2. The number of halogens is 3. The summed E-state index contributed by atoms with van der Waals surface area (Å²) in [6.07, 6.45) is 2.54. The van der Waals surface area contributed by atoms with Crippen molar-refractivity contribution in [2.24, 2.45) is 0 Å². The number of alkyl halides is 1. The highest BCUT2D eigenvalue weighted by Gasteiger charge is 2.30. The number of rotatable bonds is 3. The zero-order chi connectivity index (χ0) is 13.3. The van der Waals surface area contributed by atoms with Crippen LogP contribution >= 0.6 is 39.1 Å². The minimum atomic E-state index is -3.61. The lowest BCUT2D eigenvalue weighted by Gasteiger charge is -2.16. The Bertz CT molecular complexity index is 550. The predicted molar refractivity (Wildman–Crippen MR) is 76.8 cm³/mol. The monoisotopic (exact) mass is 371 g/mol. The third-order valence-electron chi connectivity index (χ3n) is 2.92. The van der Waals surface area contributed by atoms with Gasteiger partial charge in [-0.05, 0) is 31.0 Å². The van der Waals surface area contributed by atoms with Crippen molar-refractivity contribution in [3.8, 4) is 0 Å². The molecule has 1 fully saturated rings. The van der Waals surface area contributed by atoms with Crippen LogP contribution in [-0.2, 0) is 10.0 Å². The molecule has 0 radical (unpaired) electrons. The Morgan fingerprint density at radius 1 is 1.33 bits per heavy atom. The number of nitrogens with one attached hydrogen (secondary N) is 1. The average molecular weight is 373 g/mol. The molecule has 0 saturated heterocycles. The number of hydrogen-bond acceptors (Lipinski definition) is 2. The van der Waals surface area contributed by atoms with Crippen LogP contribution in [0.3, 0.4) is 0 Å². The van der Waals surface area contributed by atoms with Crippen LogP contribution in [0.4, 0.5) is 0 Å². The number of benzene rings is 1. The van der Waals surface area contributed by atoms with Crippen LogP contribution in [0.1, 0.15) is 19.3 Å². The first-order chi connectivity index (χ1) is 8.40. The van der Waals surface area contributed by atoms with Gasteiger partial charge in [0.2, 0.25) is 10.0 Å². The van der Waals surface area contributed by atoms with E-state index in [0.29, 0.717) is 0 Å². The zero-order valence-corrected chi connectivity index (χ0v) is 13.3. The molecule has 0 aliphatic heterocycles. The summed E-state index contributed by atoms with van der Waals surface area (Å²) >= 11 is 15.3. The van der Waals surface area contributed by atoms with Gasteiger partial charge >= 0.3 is 0 Å². The summed E-state index contributed by atoms with van der Waals surface area (Å²) < 4.78 is 27.8. The van der Waals surface area contributed by atoms with E-state index in [1.54, 1.807) is 12.1 Å². The van der Waals surface area contributed by atoms with Gasteiger partial charge in [-0.2, -0.15) is 0 Å². The van der Waals surface area contributed by atoms with Gasteiger partial charge in [0.05, 0.1) is 5.02 Å². The zero-order valence-electron chi connectivity index (χ0n) is 9.37. The molecule has 2 unspecified atom stereocenters. The summed E-state index contributed by atoms with van der Waals surface area (Å²) in [5, 5.41) is 0.0509. The summed E-state index contributed by atoms with van der Waals surface area (Å²) in [7, 11) is -3.61. The molecule has 1 aromatic carbocycles. The Kier molecular flexibility index (Phi) is 4.60. The van der Waals surface area contributed by atoms with Crippen molar-refractivity contribution in [2.75, 3.05) is 0 Å². The van der Waals surface area contributed by atoms with E-state index in [1.807, 2.05) is 0 Å². The molecule has 1 aliphatic rings. The second-order valence-electron chi connectivity index (χ2n) is 4.25. The Balaban J connectivity index is 2.25. The summed E-state index contributed by atoms with van der Waals surface area (Å²) in [5.74, 6) is 0. The molecule has 1 saturated carbocycles. The Labute approximate surface area is 125 Å². The smallest absolute Gasteiger partial charge is 0.207 e. The van der Waals surface area contributed by atoms with Crippen LogP contribution in [0.5, 0.6) is 0 Å².